The van der Waals surface area contributed by atoms with Crippen LogP contribution in [0.4, 0.5) is 8.78 Å². The van der Waals surface area contributed by atoms with Crippen LogP contribution in [-0.4, -0.2) is 4.57 Å². The maximum Gasteiger partial charge on any atom is 0.321 e. The van der Waals surface area contributed by atoms with Gasteiger partial charge in [-0.15, -0.1) is 0 Å². The van der Waals surface area contributed by atoms with Crippen LogP contribution in [0.5, 0.6) is 0 Å². The van der Waals surface area contributed by atoms with E-state index >= 15 is 0 Å². The normalized spacial score (nSPS) is 10.5. The zero-order valence-corrected chi connectivity index (χ0v) is 7.46. The highest BCUT2D eigenvalue weighted by atomic mass is 127. The topological polar surface area (TPSA) is 22.0 Å². The summed E-state index contributed by atoms with van der Waals surface area (Å²) in [5.74, 6) is 0. The molecule has 0 bridgehead atoms. The summed E-state index contributed by atoms with van der Waals surface area (Å²) < 4.78 is 24.9. The molecule has 1 heterocycles. The number of rotatable bonds is 1. The number of halogens is 3. The third kappa shape index (κ3) is 1.98. The second kappa shape index (κ2) is 3.29. The first-order chi connectivity index (χ1) is 5.11. The largest absolute Gasteiger partial charge is 0.321 e. The van der Waals surface area contributed by atoms with Crippen LogP contribution in [0.25, 0.3) is 0 Å². The van der Waals surface area contributed by atoms with Crippen LogP contribution < -0.4 is 5.56 Å². The quantitative estimate of drug-likeness (QED) is 0.714. The number of pyridine rings is 1. The predicted molar refractivity (Wildman–Crippen MR) is 44.7 cm³/mol. The van der Waals surface area contributed by atoms with Crippen molar-refractivity contribution >= 4 is 22.6 Å². The molecule has 0 aromatic carbocycles. The van der Waals surface area contributed by atoms with E-state index in [1.807, 2.05) is 22.6 Å². The summed E-state index contributed by atoms with van der Waals surface area (Å²) in [6, 6.07) is 2.61. The van der Waals surface area contributed by atoms with Crippen LogP contribution in [0.1, 0.15) is 6.55 Å². The Kier molecular flexibility index (Phi) is 2.58. The summed E-state index contributed by atoms with van der Waals surface area (Å²) in [5, 5.41) is 0. The Bertz CT molecular complexity index is 310. The zero-order valence-electron chi connectivity index (χ0n) is 5.30. The van der Waals surface area contributed by atoms with Gasteiger partial charge in [0, 0.05) is 15.8 Å². The third-order valence-electron chi connectivity index (χ3n) is 1.11. The second-order valence-electron chi connectivity index (χ2n) is 1.87. The molecule has 0 aliphatic carbocycles. The lowest BCUT2D eigenvalue weighted by Crippen LogP contribution is -2.18. The van der Waals surface area contributed by atoms with E-state index in [0.29, 0.717) is 8.14 Å². The van der Waals surface area contributed by atoms with Gasteiger partial charge in [0.05, 0.1) is 0 Å². The molecule has 1 aromatic heterocycles. The molecule has 0 saturated heterocycles. The van der Waals surface area contributed by atoms with Gasteiger partial charge in [0.15, 0.2) is 0 Å². The van der Waals surface area contributed by atoms with E-state index in [0.717, 1.165) is 12.3 Å². The molecular formula is C6H4F2INO. The fraction of sp³-hybridized carbons (Fsp3) is 0.167. The molecule has 5 heteroatoms. The molecule has 0 aliphatic heterocycles. The monoisotopic (exact) mass is 271 g/mol. The van der Waals surface area contributed by atoms with Gasteiger partial charge in [-0.3, -0.25) is 9.36 Å². The van der Waals surface area contributed by atoms with Crippen LogP contribution >= 0.6 is 22.6 Å². The van der Waals surface area contributed by atoms with Crippen molar-refractivity contribution in [2.24, 2.45) is 0 Å². The molecule has 0 saturated carbocycles. The molecule has 11 heavy (non-hydrogen) atoms. The fourth-order valence-electron chi connectivity index (χ4n) is 0.629. The summed E-state index contributed by atoms with van der Waals surface area (Å²) in [5.41, 5.74) is -0.680. The van der Waals surface area contributed by atoms with Crippen LogP contribution in [0.2, 0.25) is 0 Å². The minimum absolute atomic E-state index is 0.391. The number of hydrogen-bond acceptors (Lipinski definition) is 1. The minimum Gasteiger partial charge on any atom is -0.269 e. The molecule has 0 unspecified atom stereocenters. The van der Waals surface area contributed by atoms with Crippen molar-refractivity contribution in [1.82, 2.24) is 4.57 Å². The fourth-order valence-corrected chi connectivity index (χ4v) is 1.11. The lowest BCUT2D eigenvalue weighted by atomic mass is 10.5. The Labute approximate surface area is 75.0 Å². The van der Waals surface area contributed by atoms with Crippen molar-refractivity contribution in [2.75, 3.05) is 0 Å². The Morgan fingerprint density at radius 1 is 1.45 bits per heavy atom. The first-order valence-electron chi connectivity index (χ1n) is 2.77. The maximum absolute atomic E-state index is 12.0. The molecule has 0 spiro atoms. The van der Waals surface area contributed by atoms with Crippen molar-refractivity contribution in [2.45, 2.75) is 6.55 Å². The lowest BCUT2D eigenvalue weighted by molar-refractivity contribution is 0.0661. The molecule has 60 valence electrons. The smallest absolute Gasteiger partial charge is 0.269 e. The van der Waals surface area contributed by atoms with E-state index in [9.17, 15) is 13.6 Å². The summed E-state index contributed by atoms with van der Waals surface area (Å²) in [7, 11) is 0. The first-order valence-corrected chi connectivity index (χ1v) is 3.85. The van der Waals surface area contributed by atoms with Crippen LogP contribution in [0, 0.1) is 3.57 Å². The van der Waals surface area contributed by atoms with Crippen molar-refractivity contribution < 1.29 is 8.78 Å². The van der Waals surface area contributed by atoms with Gasteiger partial charge in [0.25, 0.3) is 5.56 Å². The molecule has 0 amide bonds. The average Bonchev–Trinajstić information content (AvgIpc) is 1.94. The Morgan fingerprint density at radius 2 is 2.09 bits per heavy atom. The molecule has 0 N–H and O–H groups in total. The third-order valence-corrected chi connectivity index (χ3v) is 1.75. The van der Waals surface area contributed by atoms with E-state index in [1.54, 1.807) is 0 Å². The summed E-state index contributed by atoms with van der Waals surface area (Å²) in [4.78, 5) is 10.7. The Morgan fingerprint density at radius 3 is 2.55 bits per heavy atom. The van der Waals surface area contributed by atoms with E-state index in [2.05, 4.69) is 0 Å². The number of hydrogen-bond donors (Lipinski definition) is 0. The van der Waals surface area contributed by atoms with Crippen molar-refractivity contribution in [3.63, 3.8) is 0 Å². The molecule has 2 nitrogen and oxygen atoms in total. The minimum atomic E-state index is -2.75. The molecule has 1 rings (SSSR count). The number of alkyl halides is 2. The van der Waals surface area contributed by atoms with Crippen molar-refractivity contribution in [3.8, 4) is 0 Å². The molecule has 0 atom stereocenters. The summed E-state index contributed by atoms with van der Waals surface area (Å²) >= 11 is 1.86. The van der Waals surface area contributed by atoms with Gasteiger partial charge in [0.2, 0.25) is 0 Å². The van der Waals surface area contributed by atoms with Crippen molar-refractivity contribution in [3.05, 3.63) is 32.3 Å². The van der Waals surface area contributed by atoms with Crippen molar-refractivity contribution in [1.29, 1.82) is 0 Å². The standard InChI is InChI=1S/C6H4F2INO/c7-6(8)10-3-4(9)1-2-5(10)11/h1-3,6H. The van der Waals surface area contributed by atoms with Crippen LogP contribution in [0.3, 0.4) is 0 Å². The first kappa shape index (κ1) is 8.63. The van der Waals surface area contributed by atoms with Gasteiger partial charge in [-0.25, -0.2) is 0 Å². The summed E-state index contributed by atoms with van der Waals surface area (Å²) in [6.07, 6.45) is 1.12. The Balaban J connectivity index is 3.24. The van der Waals surface area contributed by atoms with Gasteiger partial charge in [0.1, 0.15) is 0 Å². The van der Waals surface area contributed by atoms with Crippen LogP contribution in [0.15, 0.2) is 23.1 Å². The van der Waals surface area contributed by atoms with Gasteiger partial charge < -0.3 is 0 Å². The zero-order chi connectivity index (χ0) is 8.43. The van der Waals surface area contributed by atoms with E-state index < -0.39 is 12.1 Å². The summed E-state index contributed by atoms with van der Waals surface area (Å²) in [6.45, 7) is -2.75. The van der Waals surface area contributed by atoms with E-state index in [1.165, 1.54) is 6.07 Å². The van der Waals surface area contributed by atoms with E-state index in [4.69, 9.17) is 0 Å². The predicted octanol–water partition coefficient (Wildman–Crippen LogP) is 1.85. The number of aromatic nitrogens is 1. The van der Waals surface area contributed by atoms with Gasteiger partial charge in [-0.1, -0.05) is 0 Å². The lowest BCUT2D eigenvalue weighted by Gasteiger charge is -2.02. The van der Waals surface area contributed by atoms with Gasteiger partial charge >= 0.3 is 6.55 Å². The molecular weight excluding hydrogens is 267 g/mol. The molecule has 0 radical (unpaired) electrons. The molecule has 1 aromatic rings. The average molecular weight is 271 g/mol. The molecule has 0 aliphatic rings. The van der Waals surface area contributed by atoms with Crippen LogP contribution in [-0.2, 0) is 0 Å². The highest BCUT2D eigenvalue weighted by molar-refractivity contribution is 14.1. The molecule has 0 fully saturated rings. The maximum atomic E-state index is 12.0. The van der Waals surface area contributed by atoms with Gasteiger partial charge in [-0.05, 0) is 28.7 Å². The Hall–Kier alpha value is -0.460. The van der Waals surface area contributed by atoms with Gasteiger partial charge in [-0.2, -0.15) is 8.78 Å². The second-order valence-corrected chi connectivity index (χ2v) is 3.12. The highest BCUT2D eigenvalue weighted by Gasteiger charge is 2.06. The van der Waals surface area contributed by atoms with E-state index in [-0.39, 0.29) is 0 Å². The number of nitrogens with zero attached hydrogens (tertiary/aromatic N) is 1. The highest BCUT2D eigenvalue weighted by Crippen LogP contribution is 2.08. The SMILES string of the molecule is O=c1ccc(I)cn1C(F)F.